The molecule has 2 aromatic carbocycles. The van der Waals surface area contributed by atoms with E-state index in [9.17, 15) is 34.8 Å². The third-order valence-electron chi connectivity index (χ3n) is 3.81. The quantitative estimate of drug-likeness (QED) is 0.626. The van der Waals surface area contributed by atoms with Crippen molar-refractivity contribution in [1.29, 1.82) is 0 Å². The molecule has 0 bridgehead atoms. The monoisotopic (exact) mass is 396 g/mol. The van der Waals surface area contributed by atoms with Crippen LogP contribution in [0.25, 0.3) is 0 Å². The SMILES string of the molecule is CCC(c1ccccc1)S(=O)(=O)c1cc(C(F)(F)F)cc(C(F)(F)F)c1. The number of hydrogen-bond acceptors (Lipinski definition) is 2. The molecule has 0 spiro atoms. The normalized spacial score (nSPS) is 14.3. The van der Waals surface area contributed by atoms with Crippen LogP contribution in [-0.2, 0) is 22.2 Å². The number of benzene rings is 2. The van der Waals surface area contributed by atoms with E-state index in [2.05, 4.69) is 0 Å². The first kappa shape index (κ1) is 20.3. The van der Waals surface area contributed by atoms with Gasteiger partial charge in [0.25, 0.3) is 0 Å². The van der Waals surface area contributed by atoms with Crippen molar-refractivity contribution >= 4 is 9.84 Å². The third-order valence-corrected chi connectivity index (χ3v) is 6.05. The molecule has 0 aliphatic rings. The highest BCUT2D eigenvalue weighted by Gasteiger charge is 2.39. The summed E-state index contributed by atoms with van der Waals surface area (Å²) in [5.41, 5.74) is -3.02. The number of hydrogen-bond donors (Lipinski definition) is 0. The molecule has 1 atom stereocenters. The van der Waals surface area contributed by atoms with Crippen molar-refractivity contribution in [3.63, 3.8) is 0 Å². The molecule has 0 saturated carbocycles. The molecule has 2 aromatic rings. The molecule has 0 aliphatic heterocycles. The topological polar surface area (TPSA) is 34.1 Å². The summed E-state index contributed by atoms with van der Waals surface area (Å²) in [6, 6.07) is 8.03. The van der Waals surface area contributed by atoms with E-state index in [1.165, 1.54) is 19.1 Å². The first-order chi connectivity index (χ1) is 11.9. The van der Waals surface area contributed by atoms with Crippen LogP contribution < -0.4 is 0 Å². The summed E-state index contributed by atoms with van der Waals surface area (Å²) in [6.45, 7) is 1.49. The van der Waals surface area contributed by atoms with Gasteiger partial charge in [-0.2, -0.15) is 26.3 Å². The van der Waals surface area contributed by atoms with Crippen LogP contribution in [0.4, 0.5) is 26.3 Å². The summed E-state index contributed by atoms with van der Waals surface area (Å²) in [7, 11) is -4.47. The van der Waals surface area contributed by atoms with Crippen molar-refractivity contribution in [3.8, 4) is 0 Å². The van der Waals surface area contributed by atoms with Crippen LogP contribution in [0.1, 0.15) is 35.3 Å². The Morgan fingerprint density at radius 3 is 1.69 bits per heavy atom. The van der Waals surface area contributed by atoms with E-state index in [1.54, 1.807) is 18.2 Å². The molecule has 26 heavy (non-hydrogen) atoms. The molecule has 2 nitrogen and oxygen atoms in total. The molecule has 0 fully saturated rings. The molecule has 142 valence electrons. The Labute approximate surface area is 146 Å². The maximum absolute atomic E-state index is 13.0. The maximum atomic E-state index is 13.0. The minimum absolute atomic E-state index is 0.00998. The van der Waals surface area contributed by atoms with Gasteiger partial charge in [0.1, 0.15) is 0 Å². The minimum atomic E-state index is -5.11. The van der Waals surface area contributed by atoms with Gasteiger partial charge in [-0.3, -0.25) is 0 Å². The third kappa shape index (κ3) is 4.20. The standard InChI is InChI=1S/C17H14F6O2S/c1-2-15(11-6-4-3-5-7-11)26(24,25)14-9-12(16(18,19)20)8-13(10-14)17(21,22)23/h3-10,15H,2H2,1H3. The van der Waals surface area contributed by atoms with Gasteiger partial charge in [0.2, 0.25) is 0 Å². The molecule has 0 aromatic heterocycles. The van der Waals surface area contributed by atoms with Crippen LogP contribution in [0.15, 0.2) is 53.4 Å². The first-order valence-electron chi connectivity index (χ1n) is 7.45. The van der Waals surface area contributed by atoms with Crippen LogP contribution >= 0.6 is 0 Å². The summed E-state index contributed by atoms with van der Waals surface area (Å²) < 4.78 is 103. The Kier molecular flexibility index (Phi) is 5.41. The first-order valence-corrected chi connectivity index (χ1v) is 9.00. The molecule has 0 aliphatic carbocycles. The molecule has 0 amide bonds. The van der Waals surface area contributed by atoms with E-state index < -0.39 is 43.5 Å². The molecule has 0 N–H and O–H groups in total. The zero-order valence-electron chi connectivity index (χ0n) is 13.4. The zero-order chi connectivity index (χ0) is 19.8. The van der Waals surface area contributed by atoms with E-state index in [-0.39, 0.29) is 24.6 Å². The van der Waals surface area contributed by atoms with Crippen molar-refractivity contribution in [2.75, 3.05) is 0 Å². The largest absolute Gasteiger partial charge is 0.416 e. The molecule has 1 unspecified atom stereocenters. The highest BCUT2D eigenvalue weighted by Crippen LogP contribution is 2.40. The molecule has 9 heteroatoms. The van der Waals surface area contributed by atoms with Gasteiger partial charge in [-0.1, -0.05) is 37.3 Å². The van der Waals surface area contributed by atoms with Crippen molar-refractivity contribution in [3.05, 3.63) is 65.2 Å². The average Bonchev–Trinajstić information content (AvgIpc) is 2.54. The fourth-order valence-corrected chi connectivity index (χ4v) is 4.42. The molecule has 2 rings (SSSR count). The van der Waals surface area contributed by atoms with Gasteiger partial charge in [-0.25, -0.2) is 8.42 Å². The van der Waals surface area contributed by atoms with Gasteiger partial charge in [0.15, 0.2) is 9.84 Å². The second-order valence-corrected chi connectivity index (χ2v) is 7.72. The van der Waals surface area contributed by atoms with Gasteiger partial charge in [-0.05, 0) is 30.2 Å². The highest BCUT2D eigenvalue weighted by atomic mass is 32.2. The Morgan fingerprint density at radius 1 is 0.846 bits per heavy atom. The minimum Gasteiger partial charge on any atom is -0.223 e. The van der Waals surface area contributed by atoms with Gasteiger partial charge < -0.3 is 0 Å². The Morgan fingerprint density at radius 2 is 1.31 bits per heavy atom. The predicted octanol–water partition coefficient (Wildman–Crippen LogP) is 5.65. The average molecular weight is 396 g/mol. The van der Waals surface area contributed by atoms with Crippen LogP contribution in [-0.4, -0.2) is 8.42 Å². The lowest BCUT2D eigenvalue weighted by molar-refractivity contribution is -0.143. The lowest BCUT2D eigenvalue weighted by atomic mass is 10.1. The second kappa shape index (κ2) is 6.94. The second-order valence-electron chi connectivity index (χ2n) is 5.59. The Hall–Kier alpha value is -2.03. The van der Waals surface area contributed by atoms with Gasteiger partial charge in [-0.15, -0.1) is 0 Å². The molecule has 0 radical (unpaired) electrons. The number of rotatable bonds is 4. The lowest BCUT2D eigenvalue weighted by Crippen LogP contribution is -2.17. The van der Waals surface area contributed by atoms with Crippen molar-refractivity contribution in [2.45, 2.75) is 35.8 Å². The van der Waals surface area contributed by atoms with Gasteiger partial charge in [0, 0.05) is 0 Å². The van der Waals surface area contributed by atoms with Crippen LogP contribution in [0.3, 0.4) is 0 Å². The number of sulfone groups is 1. The summed E-state index contributed by atoms with van der Waals surface area (Å²) in [5, 5.41) is -1.26. The summed E-state index contributed by atoms with van der Waals surface area (Å²) in [5.74, 6) is 0. The molecular weight excluding hydrogens is 382 g/mol. The van der Waals surface area contributed by atoms with Gasteiger partial charge >= 0.3 is 12.4 Å². The molecule has 0 saturated heterocycles. The van der Waals surface area contributed by atoms with Crippen molar-refractivity contribution < 1.29 is 34.8 Å². The van der Waals surface area contributed by atoms with E-state index in [0.717, 1.165) is 0 Å². The van der Waals surface area contributed by atoms with Gasteiger partial charge in [0.05, 0.1) is 21.3 Å². The summed E-state index contributed by atoms with van der Waals surface area (Å²) >= 11 is 0. The van der Waals surface area contributed by atoms with Crippen LogP contribution in [0.2, 0.25) is 0 Å². The fourth-order valence-electron chi connectivity index (χ4n) is 2.56. The maximum Gasteiger partial charge on any atom is 0.416 e. The van der Waals surface area contributed by atoms with Crippen molar-refractivity contribution in [1.82, 2.24) is 0 Å². The fraction of sp³-hybridized carbons (Fsp3) is 0.294. The Balaban J connectivity index is 2.68. The predicted molar refractivity (Wildman–Crippen MR) is 83.1 cm³/mol. The summed E-state index contributed by atoms with van der Waals surface area (Å²) in [6.07, 6.45) is -10.2. The van der Waals surface area contributed by atoms with E-state index >= 15 is 0 Å². The summed E-state index contributed by atoms with van der Waals surface area (Å²) in [4.78, 5) is -1.00. The zero-order valence-corrected chi connectivity index (χ0v) is 14.2. The van der Waals surface area contributed by atoms with Crippen LogP contribution in [0, 0.1) is 0 Å². The van der Waals surface area contributed by atoms with Crippen molar-refractivity contribution in [2.24, 2.45) is 0 Å². The number of alkyl halides is 6. The van der Waals surface area contributed by atoms with E-state index in [1.807, 2.05) is 0 Å². The smallest absolute Gasteiger partial charge is 0.223 e. The molecular formula is C17H14F6O2S. The van der Waals surface area contributed by atoms with E-state index in [4.69, 9.17) is 0 Å². The Bertz CT molecular complexity index is 838. The molecule has 0 heterocycles. The lowest BCUT2D eigenvalue weighted by Gasteiger charge is -2.19. The van der Waals surface area contributed by atoms with Crippen LogP contribution in [0.5, 0.6) is 0 Å². The highest BCUT2D eigenvalue weighted by molar-refractivity contribution is 7.91. The van der Waals surface area contributed by atoms with E-state index in [0.29, 0.717) is 5.56 Å². The number of halogens is 6.